The Labute approximate surface area is 136 Å². The zero-order valence-electron chi connectivity index (χ0n) is 13.8. The van der Waals surface area contributed by atoms with Gasteiger partial charge in [0.1, 0.15) is 11.6 Å². The number of likely N-dealkylation sites (tertiary alicyclic amines) is 1. The topological polar surface area (TPSA) is 63.8 Å². The van der Waals surface area contributed by atoms with Gasteiger partial charge < -0.3 is 9.88 Å². The fourth-order valence-corrected chi connectivity index (χ4v) is 3.69. The third-order valence-electron chi connectivity index (χ3n) is 5.02. The van der Waals surface area contributed by atoms with Crippen molar-refractivity contribution in [3.8, 4) is 0 Å². The molecule has 0 aliphatic carbocycles. The van der Waals surface area contributed by atoms with Gasteiger partial charge in [-0.1, -0.05) is 0 Å². The molecule has 0 atom stereocenters. The van der Waals surface area contributed by atoms with Crippen LogP contribution in [0.15, 0.2) is 12.4 Å². The van der Waals surface area contributed by atoms with Gasteiger partial charge in [-0.05, 0) is 32.9 Å². The van der Waals surface area contributed by atoms with E-state index in [9.17, 15) is 0 Å². The van der Waals surface area contributed by atoms with Crippen LogP contribution in [0.3, 0.4) is 0 Å². The number of hydrogen-bond acceptors (Lipinski definition) is 5. The summed E-state index contributed by atoms with van der Waals surface area (Å²) in [6.07, 6.45) is 6.51. The summed E-state index contributed by atoms with van der Waals surface area (Å²) >= 11 is 0. The molecule has 7 heteroatoms. The minimum Gasteiger partial charge on any atom is -0.312 e. The van der Waals surface area contributed by atoms with E-state index in [4.69, 9.17) is 0 Å². The Morgan fingerprint density at radius 3 is 2.87 bits per heavy atom. The average molecular weight is 315 g/mol. The van der Waals surface area contributed by atoms with Crippen molar-refractivity contribution in [2.45, 2.75) is 51.9 Å². The van der Waals surface area contributed by atoms with Gasteiger partial charge in [-0.2, -0.15) is 5.10 Å². The van der Waals surface area contributed by atoms with Gasteiger partial charge in [0.15, 0.2) is 0 Å². The Bertz CT molecular complexity index is 651. The van der Waals surface area contributed by atoms with E-state index in [1.807, 2.05) is 10.9 Å². The number of aromatic nitrogens is 5. The predicted molar refractivity (Wildman–Crippen MR) is 86.9 cm³/mol. The molecule has 2 aromatic heterocycles. The lowest BCUT2D eigenvalue weighted by Gasteiger charge is -2.31. The van der Waals surface area contributed by atoms with Gasteiger partial charge in [0.2, 0.25) is 0 Å². The number of nitrogens with one attached hydrogen (secondary N) is 1. The van der Waals surface area contributed by atoms with Crippen LogP contribution in [-0.4, -0.2) is 49.1 Å². The molecule has 1 N–H and O–H groups in total. The Morgan fingerprint density at radius 1 is 1.22 bits per heavy atom. The van der Waals surface area contributed by atoms with E-state index in [-0.39, 0.29) is 0 Å². The first-order valence-electron chi connectivity index (χ1n) is 8.70. The lowest BCUT2D eigenvalue weighted by atomic mass is 9.95. The Hall–Kier alpha value is -1.73. The first-order valence-corrected chi connectivity index (χ1v) is 8.70. The van der Waals surface area contributed by atoms with Gasteiger partial charge in [0.05, 0.1) is 12.7 Å². The summed E-state index contributed by atoms with van der Waals surface area (Å²) < 4.78 is 4.33. The van der Waals surface area contributed by atoms with Crippen molar-refractivity contribution in [2.24, 2.45) is 0 Å². The maximum absolute atomic E-state index is 4.49. The minimum absolute atomic E-state index is 0.559. The average Bonchev–Trinajstić information content (AvgIpc) is 3.22. The van der Waals surface area contributed by atoms with Crippen LogP contribution in [0.5, 0.6) is 0 Å². The highest BCUT2D eigenvalue weighted by molar-refractivity contribution is 5.07. The van der Waals surface area contributed by atoms with Crippen molar-refractivity contribution in [2.75, 3.05) is 19.6 Å². The summed E-state index contributed by atoms with van der Waals surface area (Å²) in [5.74, 6) is 2.87. The van der Waals surface area contributed by atoms with Crippen LogP contribution in [-0.2, 0) is 26.2 Å². The second-order valence-corrected chi connectivity index (χ2v) is 6.56. The number of fused-ring (bicyclic) bond motifs is 1. The molecule has 4 rings (SSSR count). The molecule has 23 heavy (non-hydrogen) atoms. The van der Waals surface area contributed by atoms with Crippen molar-refractivity contribution >= 4 is 0 Å². The van der Waals surface area contributed by atoms with Gasteiger partial charge in [-0.15, -0.1) is 10.2 Å². The molecule has 2 aliphatic rings. The highest BCUT2D eigenvalue weighted by Crippen LogP contribution is 2.28. The van der Waals surface area contributed by atoms with Crippen molar-refractivity contribution < 1.29 is 0 Å². The molecule has 0 spiro atoms. The zero-order valence-corrected chi connectivity index (χ0v) is 13.8. The third-order valence-corrected chi connectivity index (χ3v) is 5.02. The Balaban J connectivity index is 1.36. The summed E-state index contributed by atoms with van der Waals surface area (Å²) in [6.45, 7) is 9.21. The molecule has 2 aliphatic heterocycles. The largest absolute Gasteiger partial charge is 0.312 e. The molecule has 1 fully saturated rings. The van der Waals surface area contributed by atoms with Crippen LogP contribution in [0.1, 0.15) is 42.9 Å². The second-order valence-electron chi connectivity index (χ2n) is 6.56. The Morgan fingerprint density at radius 2 is 2.09 bits per heavy atom. The fraction of sp³-hybridized carbons (Fsp3) is 0.688. The first-order chi connectivity index (χ1) is 11.3. The number of aryl methyl sites for hydroxylation is 1. The molecule has 1 saturated heterocycles. The van der Waals surface area contributed by atoms with Gasteiger partial charge in [0, 0.05) is 43.9 Å². The molecule has 0 aromatic carbocycles. The summed E-state index contributed by atoms with van der Waals surface area (Å²) in [5, 5.41) is 16.6. The highest BCUT2D eigenvalue weighted by atomic mass is 15.3. The molecule has 4 heterocycles. The Kier molecular flexibility index (Phi) is 4.13. The van der Waals surface area contributed by atoms with E-state index in [1.165, 1.54) is 24.2 Å². The molecular weight excluding hydrogens is 290 g/mol. The van der Waals surface area contributed by atoms with Crippen molar-refractivity contribution in [3.63, 3.8) is 0 Å². The molecule has 0 unspecified atom stereocenters. The monoisotopic (exact) mass is 315 g/mol. The maximum atomic E-state index is 4.49. The van der Waals surface area contributed by atoms with E-state index in [1.54, 1.807) is 0 Å². The molecule has 2 aromatic rings. The van der Waals surface area contributed by atoms with Crippen LogP contribution in [0, 0.1) is 0 Å². The van der Waals surface area contributed by atoms with E-state index in [0.29, 0.717) is 5.92 Å². The smallest absolute Gasteiger partial charge is 0.147 e. The summed E-state index contributed by atoms with van der Waals surface area (Å²) in [6, 6.07) is 0. The van der Waals surface area contributed by atoms with Gasteiger partial charge >= 0.3 is 0 Å². The highest BCUT2D eigenvalue weighted by Gasteiger charge is 2.27. The molecular formula is C16H25N7. The quantitative estimate of drug-likeness (QED) is 0.911. The second kappa shape index (κ2) is 6.41. The van der Waals surface area contributed by atoms with Crippen molar-refractivity contribution in [3.05, 3.63) is 29.6 Å². The maximum Gasteiger partial charge on any atom is 0.147 e. The molecule has 0 amide bonds. The predicted octanol–water partition coefficient (Wildman–Crippen LogP) is 0.977. The number of rotatable bonds is 4. The van der Waals surface area contributed by atoms with E-state index < -0.39 is 0 Å². The molecule has 124 valence electrons. The van der Waals surface area contributed by atoms with Crippen molar-refractivity contribution in [1.82, 2.24) is 34.8 Å². The van der Waals surface area contributed by atoms with Crippen LogP contribution in [0.25, 0.3) is 0 Å². The number of nitrogens with zero attached hydrogens (tertiary/aromatic N) is 6. The first kappa shape index (κ1) is 14.8. The van der Waals surface area contributed by atoms with E-state index >= 15 is 0 Å². The number of hydrogen-bond donors (Lipinski definition) is 1. The normalized spacial score (nSPS) is 19.9. The van der Waals surface area contributed by atoms with E-state index in [0.717, 1.165) is 51.6 Å². The summed E-state index contributed by atoms with van der Waals surface area (Å²) in [5.41, 5.74) is 1.32. The van der Waals surface area contributed by atoms with E-state index in [2.05, 4.69) is 43.2 Å². The zero-order chi connectivity index (χ0) is 15.6. The standard InChI is InChI=1S/C16H25N7/c1-2-22-12-13(9-18-22)11-21-6-3-14(4-7-21)16-20-19-15-10-17-5-8-23(15)16/h9,12,14,17H,2-8,10-11H2,1H3. The third kappa shape index (κ3) is 3.03. The molecule has 0 saturated carbocycles. The fourth-order valence-electron chi connectivity index (χ4n) is 3.69. The van der Waals surface area contributed by atoms with Gasteiger partial charge in [0.25, 0.3) is 0 Å². The molecule has 0 bridgehead atoms. The molecule has 7 nitrogen and oxygen atoms in total. The van der Waals surface area contributed by atoms with Crippen molar-refractivity contribution in [1.29, 1.82) is 0 Å². The number of piperidine rings is 1. The van der Waals surface area contributed by atoms with Crippen LogP contribution >= 0.6 is 0 Å². The lowest BCUT2D eigenvalue weighted by Crippen LogP contribution is -2.34. The van der Waals surface area contributed by atoms with Gasteiger partial charge in [-0.25, -0.2) is 0 Å². The van der Waals surface area contributed by atoms with Crippen LogP contribution < -0.4 is 5.32 Å². The summed E-state index contributed by atoms with van der Waals surface area (Å²) in [4.78, 5) is 2.53. The summed E-state index contributed by atoms with van der Waals surface area (Å²) in [7, 11) is 0. The minimum atomic E-state index is 0.559. The molecule has 0 radical (unpaired) electrons. The lowest BCUT2D eigenvalue weighted by molar-refractivity contribution is 0.199. The van der Waals surface area contributed by atoms with Crippen LogP contribution in [0.4, 0.5) is 0 Å². The SMILES string of the molecule is CCn1cc(CN2CCC(c3nnc4n3CCNC4)CC2)cn1. The van der Waals surface area contributed by atoms with Crippen LogP contribution in [0.2, 0.25) is 0 Å². The van der Waals surface area contributed by atoms with Gasteiger partial charge in [-0.3, -0.25) is 9.58 Å².